The third-order valence-corrected chi connectivity index (χ3v) is 5.27. The summed E-state index contributed by atoms with van der Waals surface area (Å²) in [7, 11) is 4.23. The second kappa shape index (κ2) is 6.81. The molecule has 2 nitrogen and oxygen atoms in total. The maximum atomic E-state index is 3.25. The third kappa shape index (κ3) is 3.16. The molecular formula is C24H24N2. The van der Waals surface area contributed by atoms with E-state index in [-0.39, 0.29) is 0 Å². The van der Waals surface area contributed by atoms with Crippen LogP contribution in [0, 0.1) is 0 Å². The Labute approximate surface area is 155 Å². The predicted molar refractivity (Wildman–Crippen MR) is 111 cm³/mol. The molecule has 1 N–H and O–H groups in total. The van der Waals surface area contributed by atoms with Crippen LogP contribution < -0.4 is 0 Å². The van der Waals surface area contributed by atoms with Gasteiger partial charge in [-0.3, -0.25) is 0 Å². The Bertz CT molecular complexity index is 1010. The van der Waals surface area contributed by atoms with Crippen LogP contribution in [0.2, 0.25) is 0 Å². The van der Waals surface area contributed by atoms with E-state index >= 15 is 0 Å². The van der Waals surface area contributed by atoms with Crippen LogP contribution in [0.5, 0.6) is 0 Å². The van der Waals surface area contributed by atoms with Gasteiger partial charge in [0, 0.05) is 17.8 Å². The van der Waals surface area contributed by atoms with Gasteiger partial charge in [0.25, 0.3) is 0 Å². The molecule has 26 heavy (non-hydrogen) atoms. The maximum absolute atomic E-state index is 3.25. The fourth-order valence-electron chi connectivity index (χ4n) is 3.34. The molecule has 4 aromatic rings. The summed E-state index contributed by atoms with van der Waals surface area (Å²) in [4.78, 5) is 5.47. The maximum Gasteiger partial charge on any atom is 0.0454 e. The van der Waals surface area contributed by atoms with Crippen molar-refractivity contribution in [2.75, 3.05) is 14.1 Å². The van der Waals surface area contributed by atoms with Crippen molar-refractivity contribution in [2.45, 2.75) is 13.0 Å². The Balaban J connectivity index is 1.59. The van der Waals surface area contributed by atoms with E-state index in [2.05, 4.69) is 104 Å². The fourth-order valence-corrected chi connectivity index (χ4v) is 3.34. The summed E-state index contributed by atoms with van der Waals surface area (Å²) in [6.45, 7) is 2.23. The van der Waals surface area contributed by atoms with Gasteiger partial charge < -0.3 is 9.88 Å². The summed E-state index contributed by atoms with van der Waals surface area (Å²) in [5.74, 6) is 0. The van der Waals surface area contributed by atoms with Gasteiger partial charge in [-0.1, -0.05) is 54.6 Å². The second-order valence-corrected chi connectivity index (χ2v) is 7.12. The zero-order chi connectivity index (χ0) is 18.1. The predicted octanol–water partition coefficient (Wildman–Crippen LogP) is 6.12. The van der Waals surface area contributed by atoms with Crippen LogP contribution in [-0.2, 0) is 0 Å². The monoisotopic (exact) mass is 340 g/mol. The number of H-pyrrole nitrogens is 1. The highest BCUT2D eigenvalue weighted by Gasteiger charge is 2.08. The van der Waals surface area contributed by atoms with Crippen molar-refractivity contribution in [1.82, 2.24) is 9.88 Å². The molecule has 0 fully saturated rings. The molecule has 2 heteroatoms. The average Bonchev–Trinajstić information content (AvgIpc) is 3.15. The molecule has 0 spiro atoms. The van der Waals surface area contributed by atoms with E-state index in [1.54, 1.807) is 0 Å². The van der Waals surface area contributed by atoms with Gasteiger partial charge in [0.15, 0.2) is 0 Å². The lowest BCUT2D eigenvalue weighted by atomic mass is 9.98. The summed E-state index contributed by atoms with van der Waals surface area (Å²) in [5, 5.41) is 1.25. The van der Waals surface area contributed by atoms with Gasteiger partial charge in [-0.25, -0.2) is 0 Å². The van der Waals surface area contributed by atoms with Crippen LogP contribution in [0.1, 0.15) is 18.5 Å². The highest BCUT2D eigenvalue weighted by atomic mass is 15.1. The highest BCUT2D eigenvalue weighted by molar-refractivity contribution is 5.85. The van der Waals surface area contributed by atoms with Gasteiger partial charge in [-0.05, 0) is 72.4 Å². The molecule has 3 aromatic carbocycles. The minimum atomic E-state index is 0.426. The van der Waals surface area contributed by atoms with Crippen LogP contribution in [0.25, 0.3) is 33.2 Å². The molecule has 0 aliphatic heterocycles. The Morgan fingerprint density at radius 2 is 1.23 bits per heavy atom. The first kappa shape index (κ1) is 16.6. The number of aromatic nitrogens is 1. The van der Waals surface area contributed by atoms with E-state index in [1.165, 1.54) is 38.7 Å². The number of fused-ring (bicyclic) bond motifs is 1. The van der Waals surface area contributed by atoms with Gasteiger partial charge in [-0.15, -0.1) is 0 Å². The van der Waals surface area contributed by atoms with Crippen molar-refractivity contribution < 1.29 is 0 Å². The Morgan fingerprint density at radius 3 is 1.85 bits per heavy atom. The smallest absolute Gasteiger partial charge is 0.0454 e. The minimum Gasteiger partial charge on any atom is -0.361 e. The molecule has 1 unspecified atom stereocenters. The molecule has 0 bridgehead atoms. The summed E-state index contributed by atoms with van der Waals surface area (Å²) >= 11 is 0. The van der Waals surface area contributed by atoms with Crippen LogP contribution in [-0.4, -0.2) is 24.0 Å². The van der Waals surface area contributed by atoms with E-state index in [0.717, 1.165) is 0 Å². The lowest BCUT2D eigenvalue weighted by Gasteiger charge is -2.20. The molecule has 1 atom stereocenters. The molecule has 0 saturated carbocycles. The van der Waals surface area contributed by atoms with Crippen molar-refractivity contribution >= 4 is 10.9 Å². The molecule has 0 saturated heterocycles. The van der Waals surface area contributed by atoms with Gasteiger partial charge in [0.05, 0.1) is 0 Å². The van der Waals surface area contributed by atoms with E-state index < -0.39 is 0 Å². The van der Waals surface area contributed by atoms with E-state index in [1.807, 2.05) is 6.20 Å². The van der Waals surface area contributed by atoms with Crippen LogP contribution in [0.15, 0.2) is 79.0 Å². The fraction of sp³-hybridized carbons (Fsp3) is 0.167. The molecule has 0 aliphatic rings. The Kier molecular flexibility index (Phi) is 4.36. The van der Waals surface area contributed by atoms with Crippen molar-refractivity contribution in [1.29, 1.82) is 0 Å². The molecule has 4 rings (SSSR count). The second-order valence-electron chi connectivity index (χ2n) is 7.12. The summed E-state index contributed by atoms with van der Waals surface area (Å²) < 4.78 is 0. The molecule has 130 valence electrons. The Hall–Kier alpha value is -2.84. The molecule has 0 amide bonds. The number of hydrogen-bond donors (Lipinski definition) is 1. The number of nitrogens with one attached hydrogen (secondary N) is 1. The third-order valence-electron chi connectivity index (χ3n) is 5.27. The Morgan fingerprint density at radius 1 is 0.692 bits per heavy atom. The van der Waals surface area contributed by atoms with E-state index in [0.29, 0.717) is 6.04 Å². The van der Waals surface area contributed by atoms with Crippen molar-refractivity contribution in [2.24, 2.45) is 0 Å². The van der Waals surface area contributed by atoms with Crippen LogP contribution in [0.4, 0.5) is 0 Å². The molecule has 1 aromatic heterocycles. The van der Waals surface area contributed by atoms with Gasteiger partial charge in [0.2, 0.25) is 0 Å². The minimum absolute atomic E-state index is 0.426. The lowest BCUT2D eigenvalue weighted by Crippen LogP contribution is -2.16. The molecular weight excluding hydrogens is 316 g/mol. The average molecular weight is 340 g/mol. The summed E-state index contributed by atoms with van der Waals surface area (Å²) in [6.07, 6.45) is 1.98. The first-order valence-electron chi connectivity index (χ1n) is 9.06. The molecule has 1 heterocycles. The van der Waals surface area contributed by atoms with Crippen molar-refractivity contribution in [3.63, 3.8) is 0 Å². The van der Waals surface area contributed by atoms with Crippen molar-refractivity contribution in [3.8, 4) is 22.3 Å². The first-order valence-corrected chi connectivity index (χ1v) is 9.06. The zero-order valence-corrected chi connectivity index (χ0v) is 15.5. The highest BCUT2D eigenvalue weighted by Crippen LogP contribution is 2.28. The molecule has 0 aliphatic carbocycles. The number of benzene rings is 3. The van der Waals surface area contributed by atoms with Crippen molar-refractivity contribution in [3.05, 3.63) is 84.6 Å². The van der Waals surface area contributed by atoms with Gasteiger partial charge >= 0.3 is 0 Å². The molecule has 0 radical (unpaired) electrons. The number of aromatic amines is 1. The largest absolute Gasteiger partial charge is 0.361 e. The van der Waals surface area contributed by atoms with E-state index in [4.69, 9.17) is 0 Å². The zero-order valence-electron chi connectivity index (χ0n) is 15.5. The topological polar surface area (TPSA) is 19.0 Å². The summed E-state index contributed by atoms with van der Waals surface area (Å²) in [6, 6.07) is 26.8. The van der Waals surface area contributed by atoms with Crippen LogP contribution in [0.3, 0.4) is 0 Å². The number of rotatable bonds is 4. The number of nitrogens with zero attached hydrogens (tertiary/aromatic N) is 1. The first-order chi connectivity index (χ1) is 12.6. The quantitative estimate of drug-likeness (QED) is 0.474. The van der Waals surface area contributed by atoms with Crippen LogP contribution >= 0.6 is 0 Å². The SMILES string of the molecule is CC(c1ccc(-c2ccc(-c3ccc4[nH]ccc4c3)cc2)cc1)N(C)C. The van der Waals surface area contributed by atoms with Gasteiger partial charge in [-0.2, -0.15) is 0 Å². The van der Waals surface area contributed by atoms with Gasteiger partial charge in [0.1, 0.15) is 0 Å². The van der Waals surface area contributed by atoms with E-state index in [9.17, 15) is 0 Å². The summed E-state index contributed by atoms with van der Waals surface area (Å²) in [5.41, 5.74) is 7.52. The normalized spacial score (nSPS) is 12.6. The lowest BCUT2D eigenvalue weighted by molar-refractivity contribution is 0.321. The number of hydrogen-bond acceptors (Lipinski definition) is 1. The standard InChI is InChI=1S/C24H24N2/c1-17(26(2)3)18-4-6-19(7-5-18)20-8-10-21(11-9-20)22-12-13-24-23(16-22)14-15-25-24/h4-17,25H,1-3H3.